The molecule has 1 fully saturated rings. The molecule has 1 atom stereocenters. The van der Waals surface area contributed by atoms with Crippen LogP contribution in [0.15, 0.2) is 12.4 Å². The number of likely N-dealkylation sites (tertiary alicyclic amines) is 1. The van der Waals surface area contributed by atoms with Crippen molar-refractivity contribution >= 4 is 17.2 Å². The van der Waals surface area contributed by atoms with E-state index in [4.69, 9.17) is 18.0 Å². The number of piperidine rings is 1. The SMILES string of the molecule is Cn1cc(CN2CCCC(C(N)=S)C2)cn1. The molecule has 5 heteroatoms. The van der Waals surface area contributed by atoms with E-state index in [1.54, 1.807) is 0 Å². The number of aromatic nitrogens is 2. The van der Waals surface area contributed by atoms with Crippen LogP contribution in [0.5, 0.6) is 0 Å². The van der Waals surface area contributed by atoms with Crippen molar-refractivity contribution in [2.75, 3.05) is 13.1 Å². The molecule has 2 heterocycles. The molecule has 16 heavy (non-hydrogen) atoms. The molecule has 2 rings (SSSR count). The fourth-order valence-corrected chi connectivity index (χ4v) is 2.44. The summed E-state index contributed by atoms with van der Waals surface area (Å²) in [6.45, 7) is 3.07. The summed E-state index contributed by atoms with van der Waals surface area (Å²) in [7, 11) is 1.94. The van der Waals surface area contributed by atoms with Crippen molar-refractivity contribution in [3.8, 4) is 0 Å². The second kappa shape index (κ2) is 4.93. The Hall–Kier alpha value is -0.940. The Labute approximate surface area is 101 Å². The van der Waals surface area contributed by atoms with Gasteiger partial charge in [0, 0.05) is 37.8 Å². The average molecular weight is 238 g/mol. The molecule has 1 saturated heterocycles. The quantitative estimate of drug-likeness (QED) is 0.795. The Bertz CT molecular complexity index is 374. The molecule has 1 unspecified atom stereocenters. The predicted molar refractivity (Wildman–Crippen MR) is 68.0 cm³/mol. The lowest BCUT2D eigenvalue weighted by molar-refractivity contribution is 0.197. The molecule has 0 spiro atoms. The van der Waals surface area contributed by atoms with Gasteiger partial charge in [0.15, 0.2) is 0 Å². The van der Waals surface area contributed by atoms with Crippen LogP contribution in [-0.4, -0.2) is 32.8 Å². The summed E-state index contributed by atoms with van der Waals surface area (Å²) in [5, 5.41) is 4.18. The first-order chi connectivity index (χ1) is 7.65. The lowest BCUT2D eigenvalue weighted by Crippen LogP contribution is -2.39. The van der Waals surface area contributed by atoms with Gasteiger partial charge in [-0.3, -0.25) is 9.58 Å². The Morgan fingerprint density at radius 3 is 3.12 bits per heavy atom. The topological polar surface area (TPSA) is 47.1 Å². The molecule has 0 radical (unpaired) electrons. The molecule has 1 aliphatic heterocycles. The number of thiocarbonyl (C=S) groups is 1. The van der Waals surface area contributed by atoms with Gasteiger partial charge in [0.1, 0.15) is 0 Å². The molecule has 1 aliphatic rings. The van der Waals surface area contributed by atoms with E-state index in [1.807, 2.05) is 17.9 Å². The van der Waals surface area contributed by atoms with Crippen molar-refractivity contribution < 1.29 is 0 Å². The van der Waals surface area contributed by atoms with Crippen LogP contribution in [0.25, 0.3) is 0 Å². The van der Waals surface area contributed by atoms with Gasteiger partial charge in [0.2, 0.25) is 0 Å². The number of hydrogen-bond acceptors (Lipinski definition) is 3. The molecule has 0 amide bonds. The lowest BCUT2D eigenvalue weighted by atomic mass is 9.98. The normalized spacial score (nSPS) is 22.2. The van der Waals surface area contributed by atoms with Crippen LogP contribution in [0.4, 0.5) is 0 Å². The minimum absolute atomic E-state index is 0.389. The summed E-state index contributed by atoms with van der Waals surface area (Å²) in [4.78, 5) is 3.07. The van der Waals surface area contributed by atoms with Gasteiger partial charge in [0.25, 0.3) is 0 Å². The van der Waals surface area contributed by atoms with Crippen LogP contribution in [0, 0.1) is 5.92 Å². The maximum Gasteiger partial charge on any atom is 0.0771 e. The Morgan fingerprint density at radius 1 is 1.69 bits per heavy atom. The fourth-order valence-electron chi connectivity index (χ4n) is 2.24. The third-order valence-electron chi connectivity index (χ3n) is 3.07. The van der Waals surface area contributed by atoms with E-state index in [-0.39, 0.29) is 0 Å². The smallest absolute Gasteiger partial charge is 0.0771 e. The van der Waals surface area contributed by atoms with E-state index in [0.717, 1.165) is 26.1 Å². The monoisotopic (exact) mass is 238 g/mol. The third kappa shape index (κ3) is 2.80. The van der Waals surface area contributed by atoms with Crippen molar-refractivity contribution in [1.29, 1.82) is 0 Å². The van der Waals surface area contributed by atoms with E-state index in [2.05, 4.69) is 16.2 Å². The summed E-state index contributed by atoms with van der Waals surface area (Å²) in [5.41, 5.74) is 6.97. The van der Waals surface area contributed by atoms with E-state index < -0.39 is 0 Å². The van der Waals surface area contributed by atoms with Gasteiger partial charge in [-0.05, 0) is 19.4 Å². The van der Waals surface area contributed by atoms with Crippen LogP contribution in [0.3, 0.4) is 0 Å². The second-order valence-electron chi connectivity index (χ2n) is 4.50. The van der Waals surface area contributed by atoms with Crippen LogP contribution >= 0.6 is 12.2 Å². The summed E-state index contributed by atoms with van der Waals surface area (Å²) >= 11 is 5.07. The van der Waals surface area contributed by atoms with E-state index >= 15 is 0 Å². The minimum Gasteiger partial charge on any atom is -0.393 e. The number of rotatable bonds is 3. The van der Waals surface area contributed by atoms with Gasteiger partial charge in [-0.1, -0.05) is 12.2 Å². The molecule has 0 aromatic carbocycles. The van der Waals surface area contributed by atoms with Gasteiger partial charge in [-0.15, -0.1) is 0 Å². The summed E-state index contributed by atoms with van der Waals surface area (Å²) in [5.74, 6) is 0.389. The van der Waals surface area contributed by atoms with Crippen molar-refractivity contribution in [2.45, 2.75) is 19.4 Å². The zero-order valence-corrected chi connectivity index (χ0v) is 10.4. The minimum atomic E-state index is 0.389. The molecule has 1 aromatic heterocycles. The average Bonchev–Trinajstić information content (AvgIpc) is 2.64. The molecule has 0 bridgehead atoms. The van der Waals surface area contributed by atoms with Gasteiger partial charge < -0.3 is 5.73 Å². The molecule has 2 N–H and O–H groups in total. The zero-order valence-electron chi connectivity index (χ0n) is 9.59. The molecular formula is C11H18N4S. The van der Waals surface area contributed by atoms with Gasteiger partial charge in [-0.2, -0.15) is 5.10 Å². The van der Waals surface area contributed by atoms with Crippen molar-refractivity contribution in [1.82, 2.24) is 14.7 Å². The highest BCUT2D eigenvalue weighted by molar-refractivity contribution is 7.80. The summed E-state index contributed by atoms with van der Waals surface area (Å²) in [6, 6.07) is 0. The first-order valence-corrected chi connectivity index (χ1v) is 6.05. The number of hydrogen-bond donors (Lipinski definition) is 1. The maximum atomic E-state index is 5.72. The van der Waals surface area contributed by atoms with Crippen molar-refractivity contribution in [3.05, 3.63) is 18.0 Å². The van der Waals surface area contributed by atoms with E-state index in [1.165, 1.54) is 12.0 Å². The van der Waals surface area contributed by atoms with E-state index in [0.29, 0.717) is 10.9 Å². The Balaban J connectivity index is 1.92. The van der Waals surface area contributed by atoms with Crippen LogP contribution in [-0.2, 0) is 13.6 Å². The fraction of sp³-hybridized carbons (Fsp3) is 0.636. The van der Waals surface area contributed by atoms with Crippen molar-refractivity contribution in [2.24, 2.45) is 18.7 Å². The second-order valence-corrected chi connectivity index (χ2v) is 4.97. The summed E-state index contributed by atoms with van der Waals surface area (Å²) in [6.07, 6.45) is 6.30. The molecule has 0 aliphatic carbocycles. The number of nitrogens with two attached hydrogens (primary N) is 1. The first kappa shape index (κ1) is 11.5. The first-order valence-electron chi connectivity index (χ1n) is 5.64. The molecular weight excluding hydrogens is 220 g/mol. The number of aryl methyl sites for hydroxylation is 1. The highest BCUT2D eigenvalue weighted by atomic mass is 32.1. The van der Waals surface area contributed by atoms with Crippen LogP contribution < -0.4 is 5.73 Å². The molecule has 1 aromatic rings. The van der Waals surface area contributed by atoms with Gasteiger partial charge in [0.05, 0.1) is 11.2 Å². The molecule has 88 valence electrons. The third-order valence-corrected chi connectivity index (χ3v) is 3.41. The Morgan fingerprint density at radius 2 is 2.50 bits per heavy atom. The highest BCUT2D eigenvalue weighted by Crippen LogP contribution is 2.18. The van der Waals surface area contributed by atoms with E-state index in [9.17, 15) is 0 Å². The lowest BCUT2D eigenvalue weighted by Gasteiger charge is -2.31. The maximum absolute atomic E-state index is 5.72. The standard InChI is InChI=1S/C11H18N4S/c1-14-6-9(5-13-14)7-15-4-2-3-10(8-15)11(12)16/h5-6,10H,2-4,7-8H2,1H3,(H2,12,16). The Kier molecular flexibility index (Phi) is 3.56. The van der Waals surface area contributed by atoms with Crippen LogP contribution in [0.1, 0.15) is 18.4 Å². The largest absolute Gasteiger partial charge is 0.393 e. The molecule has 4 nitrogen and oxygen atoms in total. The zero-order chi connectivity index (χ0) is 11.5. The number of nitrogens with zero attached hydrogens (tertiary/aromatic N) is 3. The highest BCUT2D eigenvalue weighted by Gasteiger charge is 2.21. The summed E-state index contributed by atoms with van der Waals surface area (Å²) < 4.78 is 1.84. The van der Waals surface area contributed by atoms with Crippen LogP contribution in [0.2, 0.25) is 0 Å². The molecule has 0 saturated carbocycles. The van der Waals surface area contributed by atoms with Gasteiger partial charge in [-0.25, -0.2) is 0 Å². The van der Waals surface area contributed by atoms with Gasteiger partial charge >= 0.3 is 0 Å². The van der Waals surface area contributed by atoms with Crippen molar-refractivity contribution in [3.63, 3.8) is 0 Å². The predicted octanol–water partition coefficient (Wildman–Crippen LogP) is 0.918.